The molecule has 0 saturated carbocycles. The van der Waals surface area contributed by atoms with Crippen LogP contribution in [0, 0.1) is 0 Å². The second kappa shape index (κ2) is 4.55. The Morgan fingerprint density at radius 1 is 1.00 bits per heavy atom. The number of phenolic OH excluding ortho intramolecular Hbond substituents is 2. The quantitative estimate of drug-likeness (QED) is 0.859. The molecule has 2 aromatic carbocycles. The van der Waals surface area contributed by atoms with Gasteiger partial charge in [-0.05, 0) is 35.9 Å². The van der Waals surface area contributed by atoms with Gasteiger partial charge >= 0.3 is 0 Å². The highest BCUT2D eigenvalue weighted by atomic mass is 35.5. The van der Waals surface area contributed by atoms with Crippen LogP contribution in [-0.2, 0) is 0 Å². The third-order valence-electron chi connectivity index (χ3n) is 2.39. The maximum absolute atomic E-state index is 9.56. The van der Waals surface area contributed by atoms with Crippen molar-refractivity contribution in [3.05, 3.63) is 41.4 Å². The Morgan fingerprint density at radius 2 is 1.76 bits per heavy atom. The molecule has 0 atom stereocenters. The summed E-state index contributed by atoms with van der Waals surface area (Å²) in [6, 6.07) is 9.44. The van der Waals surface area contributed by atoms with E-state index in [9.17, 15) is 10.2 Å². The van der Waals surface area contributed by atoms with Gasteiger partial charge in [-0.3, -0.25) is 0 Å². The van der Waals surface area contributed by atoms with Crippen molar-refractivity contribution < 1.29 is 14.9 Å². The summed E-state index contributed by atoms with van der Waals surface area (Å²) in [5.74, 6) is 0.727. The monoisotopic (exact) mass is 250 g/mol. The molecule has 4 heteroatoms. The molecule has 0 heterocycles. The van der Waals surface area contributed by atoms with Crippen LogP contribution in [0.25, 0.3) is 11.1 Å². The first-order chi connectivity index (χ1) is 8.10. The highest BCUT2D eigenvalue weighted by Crippen LogP contribution is 2.35. The lowest BCUT2D eigenvalue weighted by atomic mass is 10.0. The Morgan fingerprint density at radius 3 is 2.47 bits per heavy atom. The first-order valence-corrected chi connectivity index (χ1v) is 5.35. The molecule has 0 spiro atoms. The predicted octanol–water partition coefficient (Wildman–Crippen LogP) is 3.43. The minimum Gasteiger partial charge on any atom is -0.508 e. The van der Waals surface area contributed by atoms with Crippen LogP contribution in [0.4, 0.5) is 0 Å². The van der Waals surface area contributed by atoms with Gasteiger partial charge in [0, 0.05) is 16.7 Å². The van der Waals surface area contributed by atoms with Gasteiger partial charge in [-0.15, -0.1) is 0 Å². The Hall–Kier alpha value is -1.87. The van der Waals surface area contributed by atoms with Crippen molar-refractivity contribution >= 4 is 11.6 Å². The summed E-state index contributed by atoms with van der Waals surface area (Å²) in [6.45, 7) is 0. The molecule has 2 rings (SSSR count). The first-order valence-electron chi connectivity index (χ1n) is 4.97. The molecular formula is C13H11ClO3. The largest absolute Gasteiger partial charge is 0.508 e. The molecule has 2 N–H and O–H groups in total. The van der Waals surface area contributed by atoms with Crippen LogP contribution in [0.3, 0.4) is 0 Å². The zero-order valence-corrected chi connectivity index (χ0v) is 9.90. The Labute approximate surface area is 104 Å². The van der Waals surface area contributed by atoms with E-state index in [1.807, 2.05) is 0 Å². The van der Waals surface area contributed by atoms with Crippen molar-refractivity contribution in [2.45, 2.75) is 0 Å². The van der Waals surface area contributed by atoms with Crippen molar-refractivity contribution in [2.24, 2.45) is 0 Å². The number of halogens is 1. The molecule has 0 unspecified atom stereocenters. The number of hydrogen-bond donors (Lipinski definition) is 2. The summed E-state index contributed by atoms with van der Waals surface area (Å²) in [5.41, 5.74) is 1.32. The molecule has 88 valence electrons. The van der Waals surface area contributed by atoms with Gasteiger partial charge < -0.3 is 14.9 Å². The molecule has 0 fully saturated rings. The van der Waals surface area contributed by atoms with E-state index >= 15 is 0 Å². The molecule has 0 aliphatic heterocycles. The van der Waals surface area contributed by atoms with Crippen LogP contribution in [0.2, 0.25) is 5.02 Å². The topological polar surface area (TPSA) is 49.7 Å². The van der Waals surface area contributed by atoms with Crippen molar-refractivity contribution in [2.75, 3.05) is 7.11 Å². The molecule has 0 aliphatic carbocycles. The van der Waals surface area contributed by atoms with E-state index in [0.29, 0.717) is 21.9 Å². The second-order valence-electron chi connectivity index (χ2n) is 3.58. The van der Waals surface area contributed by atoms with Gasteiger partial charge in [-0.25, -0.2) is 0 Å². The summed E-state index contributed by atoms with van der Waals surface area (Å²) in [4.78, 5) is 0. The number of aromatic hydroxyl groups is 2. The van der Waals surface area contributed by atoms with E-state index < -0.39 is 0 Å². The standard InChI is InChI=1S/C13H11ClO3/c1-17-11-5-8(4-10(16)6-11)12-7-9(15)2-3-13(12)14/h2-7,15-16H,1H3. The highest BCUT2D eigenvalue weighted by Gasteiger charge is 2.07. The number of hydrogen-bond acceptors (Lipinski definition) is 3. The third kappa shape index (κ3) is 2.45. The van der Waals surface area contributed by atoms with Gasteiger partial charge in [-0.2, -0.15) is 0 Å². The number of methoxy groups -OCH3 is 1. The van der Waals surface area contributed by atoms with Crippen LogP contribution in [0.15, 0.2) is 36.4 Å². The van der Waals surface area contributed by atoms with Crippen LogP contribution < -0.4 is 4.74 Å². The Balaban J connectivity index is 2.59. The van der Waals surface area contributed by atoms with E-state index in [0.717, 1.165) is 0 Å². The lowest BCUT2D eigenvalue weighted by molar-refractivity contribution is 0.408. The Bertz CT molecular complexity index is 552. The third-order valence-corrected chi connectivity index (χ3v) is 2.72. The first kappa shape index (κ1) is 11.6. The molecule has 0 radical (unpaired) electrons. The van der Waals surface area contributed by atoms with E-state index in [1.165, 1.54) is 25.3 Å². The smallest absolute Gasteiger partial charge is 0.123 e. The fraction of sp³-hybridized carbons (Fsp3) is 0.0769. The van der Waals surface area contributed by atoms with Gasteiger partial charge in [0.25, 0.3) is 0 Å². The lowest BCUT2D eigenvalue weighted by Crippen LogP contribution is -1.85. The van der Waals surface area contributed by atoms with Crippen molar-refractivity contribution in [3.8, 4) is 28.4 Å². The number of rotatable bonds is 2. The number of ether oxygens (including phenoxy) is 1. The van der Waals surface area contributed by atoms with Crippen LogP contribution in [0.5, 0.6) is 17.2 Å². The van der Waals surface area contributed by atoms with Crippen LogP contribution in [-0.4, -0.2) is 17.3 Å². The van der Waals surface area contributed by atoms with Gasteiger partial charge in [0.2, 0.25) is 0 Å². The normalized spacial score (nSPS) is 10.2. The SMILES string of the molecule is COc1cc(O)cc(-c2cc(O)ccc2Cl)c1. The fourth-order valence-electron chi connectivity index (χ4n) is 1.59. The average molecular weight is 251 g/mol. The number of benzene rings is 2. The van der Waals surface area contributed by atoms with E-state index in [2.05, 4.69) is 0 Å². The van der Waals surface area contributed by atoms with Crippen molar-refractivity contribution in [1.29, 1.82) is 0 Å². The fourth-order valence-corrected chi connectivity index (χ4v) is 1.82. The zero-order valence-electron chi connectivity index (χ0n) is 9.14. The summed E-state index contributed by atoms with van der Waals surface area (Å²) in [5, 5.41) is 19.5. The van der Waals surface area contributed by atoms with Crippen molar-refractivity contribution in [3.63, 3.8) is 0 Å². The van der Waals surface area contributed by atoms with Crippen molar-refractivity contribution in [1.82, 2.24) is 0 Å². The van der Waals surface area contributed by atoms with E-state index in [1.54, 1.807) is 18.2 Å². The van der Waals surface area contributed by atoms with Crippen LogP contribution in [0.1, 0.15) is 0 Å². The van der Waals surface area contributed by atoms with Gasteiger partial charge in [-0.1, -0.05) is 11.6 Å². The number of phenols is 2. The summed E-state index contributed by atoms with van der Waals surface area (Å²) < 4.78 is 5.06. The minimum atomic E-state index is 0.0822. The summed E-state index contributed by atoms with van der Waals surface area (Å²) in [7, 11) is 1.52. The molecule has 0 aliphatic rings. The molecule has 3 nitrogen and oxygen atoms in total. The maximum atomic E-state index is 9.56. The molecule has 0 aromatic heterocycles. The van der Waals surface area contributed by atoms with Crippen LogP contribution >= 0.6 is 11.6 Å². The molecule has 0 saturated heterocycles. The molecule has 17 heavy (non-hydrogen) atoms. The lowest BCUT2D eigenvalue weighted by Gasteiger charge is -2.08. The highest BCUT2D eigenvalue weighted by molar-refractivity contribution is 6.33. The molecule has 0 bridgehead atoms. The predicted molar refractivity (Wildman–Crippen MR) is 66.8 cm³/mol. The van der Waals surface area contributed by atoms with Gasteiger partial charge in [0.1, 0.15) is 17.2 Å². The average Bonchev–Trinajstić information content (AvgIpc) is 2.31. The maximum Gasteiger partial charge on any atom is 0.123 e. The summed E-state index contributed by atoms with van der Waals surface area (Å²) >= 11 is 6.05. The second-order valence-corrected chi connectivity index (χ2v) is 3.99. The minimum absolute atomic E-state index is 0.0822. The van der Waals surface area contributed by atoms with E-state index in [-0.39, 0.29) is 11.5 Å². The van der Waals surface area contributed by atoms with E-state index in [4.69, 9.17) is 16.3 Å². The Kier molecular flexibility index (Phi) is 3.11. The molecule has 2 aromatic rings. The zero-order chi connectivity index (χ0) is 12.4. The molecular weight excluding hydrogens is 240 g/mol. The molecule has 0 amide bonds. The summed E-state index contributed by atoms with van der Waals surface area (Å²) in [6.07, 6.45) is 0. The van der Waals surface area contributed by atoms with Gasteiger partial charge in [0.05, 0.1) is 7.11 Å². The van der Waals surface area contributed by atoms with Gasteiger partial charge in [0.15, 0.2) is 0 Å².